The number of hydrogen-bond donors (Lipinski definition) is 0. The summed E-state index contributed by atoms with van der Waals surface area (Å²) in [6.07, 6.45) is 4.26. The molecule has 0 amide bonds. The molecule has 62 valence electrons. The van der Waals surface area contributed by atoms with E-state index in [0.717, 1.165) is 0 Å². The molecular formula is C10H11NO. The molecule has 2 heteroatoms. The van der Waals surface area contributed by atoms with E-state index in [1.54, 1.807) is 13.1 Å². The van der Waals surface area contributed by atoms with E-state index in [-0.39, 0.29) is 5.78 Å². The van der Waals surface area contributed by atoms with E-state index in [9.17, 15) is 4.79 Å². The van der Waals surface area contributed by atoms with E-state index in [1.807, 2.05) is 12.1 Å². The summed E-state index contributed by atoms with van der Waals surface area (Å²) < 4.78 is 0. The van der Waals surface area contributed by atoms with Gasteiger partial charge in [0.2, 0.25) is 0 Å². The molecule has 0 aliphatic heterocycles. The Bertz CT molecular complexity index is 315. The third-order valence-corrected chi connectivity index (χ3v) is 2.19. The van der Waals surface area contributed by atoms with Crippen LogP contribution in [0.1, 0.15) is 41.7 Å². The van der Waals surface area contributed by atoms with Gasteiger partial charge in [0.15, 0.2) is 5.78 Å². The summed E-state index contributed by atoms with van der Waals surface area (Å²) in [4.78, 5) is 15.0. The maximum absolute atomic E-state index is 11.0. The quantitative estimate of drug-likeness (QED) is 0.622. The molecule has 0 saturated heterocycles. The molecule has 0 radical (unpaired) electrons. The highest BCUT2D eigenvalue weighted by Gasteiger charge is 2.23. The maximum atomic E-state index is 11.0. The number of rotatable bonds is 2. The number of ketones is 1. The van der Waals surface area contributed by atoms with Gasteiger partial charge in [0, 0.05) is 13.1 Å². The Morgan fingerprint density at radius 2 is 2.33 bits per heavy atom. The largest absolute Gasteiger partial charge is 0.293 e. The summed E-state index contributed by atoms with van der Waals surface area (Å²) in [6.45, 7) is 1.55. The van der Waals surface area contributed by atoms with Gasteiger partial charge in [-0.3, -0.25) is 9.78 Å². The van der Waals surface area contributed by atoms with Crippen LogP contribution >= 0.6 is 0 Å². The monoisotopic (exact) mass is 161 g/mol. The van der Waals surface area contributed by atoms with E-state index >= 15 is 0 Å². The lowest BCUT2D eigenvalue weighted by Crippen LogP contribution is -1.96. The minimum Gasteiger partial charge on any atom is -0.293 e. The number of carbonyl (C=O) groups excluding carboxylic acids is 1. The third kappa shape index (κ3) is 1.37. The Balaban J connectivity index is 2.32. The van der Waals surface area contributed by atoms with Crippen molar-refractivity contribution in [2.24, 2.45) is 0 Å². The molecule has 12 heavy (non-hydrogen) atoms. The zero-order valence-electron chi connectivity index (χ0n) is 7.08. The molecular weight excluding hydrogens is 150 g/mol. The van der Waals surface area contributed by atoms with Gasteiger partial charge in [-0.1, -0.05) is 0 Å². The van der Waals surface area contributed by atoms with Gasteiger partial charge in [-0.05, 0) is 36.5 Å². The highest BCUT2D eigenvalue weighted by Crippen LogP contribution is 2.39. The fourth-order valence-electron chi connectivity index (χ4n) is 1.31. The number of aromatic nitrogens is 1. The molecule has 0 atom stereocenters. The van der Waals surface area contributed by atoms with Crippen LogP contribution in [-0.4, -0.2) is 10.8 Å². The van der Waals surface area contributed by atoms with Crippen molar-refractivity contribution in [3.05, 3.63) is 29.6 Å². The van der Waals surface area contributed by atoms with Crippen LogP contribution in [0.25, 0.3) is 0 Å². The van der Waals surface area contributed by atoms with E-state index < -0.39 is 0 Å². The van der Waals surface area contributed by atoms with E-state index in [0.29, 0.717) is 11.6 Å². The van der Waals surface area contributed by atoms with Gasteiger partial charge in [-0.25, -0.2) is 0 Å². The normalized spacial score (nSPS) is 16.1. The minimum absolute atomic E-state index is 0.0532. The van der Waals surface area contributed by atoms with Gasteiger partial charge < -0.3 is 0 Å². The van der Waals surface area contributed by atoms with Crippen molar-refractivity contribution in [2.75, 3.05) is 0 Å². The molecule has 0 N–H and O–H groups in total. The molecule has 1 aliphatic rings. The van der Waals surface area contributed by atoms with Crippen LogP contribution in [0.15, 0.2) is 18.3 Å². The van der Waals surface area contributed by atoms with E-state index in [4.69, 9.17) is 0 Å². The lowest BCUT2D eigenvalue weighted by molar-refractivity contribution is 0.101. The van der Waals surface area contributed by atoms with E-state index in [1.165, 1.54) is 18.4 Å². The van der Waals surface area contributed by atoms with Gasteiger partial charge in [0.1, 0.15) is 5.69 Å². The van der Waals surface area contributed by atoms with Crippen molar-refractivity contribution >= 4 is 5.78 Å². The molecule has 2 rings (SSSR count). The SMILES string of the molecule is CC(=O)c1cc(C2CC2)ccn1. The highest BCUT2D eigenvalue weighted by atomic mass is 16.1. The first-order valence-electron chi connectivity index (χ1n) is 4.24. The number of carbonyl (C=O) groups is 1. The minimum atomic E-state index is 0.0532. The summed E-state index contributed by atoms with van der Waals surface area (Å²) in [5, 5.41) is 0. The zero-order chi connectivity index (χ0) is 8.55. The molecule has 1 aromatic heterocycles. The summed E-state index contributed by atoms with van der Waals surface area (Å²) in [6, 6.07) is 3.92. The van der Waals surface area contributed by atoms with Gasteiger partial charge in [0.05, 0.1) is 0 Å². The molecule has 1 aliphatic carbocycles. The standard InChI is InChI=1S/C10H11NO/c1-7(12)10-6-9(4-5-11-10)8-2-3-8/h4-6,8H,2-3H2,1H3. The first-order chi connectivity index (χ1) is 5.77. The smallest absolute Gasteiger partial charge is 0.178 e. The predicted molar refractivity (Wildman–Crippen MR) is 46.2 cm³/mol. The van der Waals surface area contributed by atoms with Crippen molar-refractivity contribution < 1.29 is 4.79 Å². The van der Waals surface area contributed by atoms with Crippen LogP contribution in [0.5, 0.6) is 0 Å². The predicted octanol–water partition coefficient (Wildman–Crippen LogP) is 2.16. The third-order valence-electron chi connectivity index (χ3n) is 2.19. The Morgan fingerprint density at radius 3 is 2.92 bits per heavy atom. The van der Waals surface area contributed by atoms with Crippen LogP contribution in [-0.2, 0) is 0 Å². The van der Waals surface area contributed by atoms with E-state index in [2.05, 4.69) is 4.98 Å². The molecule has 1 saturated carbocycles. The lowest BCUT2D eigenvalue weighted by atomic mass is 10.1. The molecule has 0 bridgehead atoms. The Labute approximate surface area is 71.6 Å². The Kier molecular flexibility index (Phi) is 1.68. The Hall–Kier alpha value is -1.18. The number of nitrogens with zero attached hydrogens (tertiary/aromatic N) is 1. The summed E-state index contributed by atoms with van der Waals surface area (Å²) in [5.41, 5.74) is 1.87. The highest BCUT2D eigenvalue weighted by molar-refractivity contribution is 5.92. The second kappa shape index (κ2) is 2.70. The average Bonchev–Trinajstić information content (AvgIpc) is 2.87. The van der Waals surface area contributed by atoms with Crippen molar-refractivity contribution in [1.29, 1.82) is 0 Å². The van der Waals surface area contributed by atoms with Gasteiger partial charge in [0.25, 0.3) is 0 Å². The summed E-state index contributed by atoms with van der Waals surface area (Å²) in [5.74, 6) is 0.753. The van der Waals surface area contributed by atoms with Gasteiger partial charge in [-0.2, -0.15) is 0 Å². The first kappa shape index (κ1) is 7.47. The molecule has 0 aromatic carbocycles. The molecule has 0 spiro atoms. The van der Waals surface area contributed by atoms with Crippen LogP contribution in [0.3, 0.4) is 0 Å². The van der Waals surface area contributed by atoms with Crippen molar-refractivity contribution in [1.82, 2.24) is 4.98 Å². The maximum Gasteiger partial charge on any atom is 0.178 e. The molecule has 1 aromatic rings. The number of hydrogen-bond acceptors (Lipinski definition) is 2. The Morgan fingerprint density at radius 1 is 1.58 bits per heavy atom. The second-order valence-electron chi connectivity index (χ2n) is 3.30. The molecule has 2 nitrogen and oxygen atoms in total. The van der Waals surface area contributed by atoms with Crippen LogP contribution < -0.4 is 0 Å². The zero-order valence-corrected chi connectivity index (χ0v) is 7.08. The fourth-order valence-corrected chi connectivity index (χ4v) is 1.31. The fraction of sp³-hybridized carbons (Fsp3) is 0.400. The van der Waals surface area contributed by atoms with Crippen molar-refractivity contribution in [2.45, 2.75) is 25.7 Å². The first-order valence-corrected chi connectivity index (χ1v) is 4.24. The van der Waals surface area contributed by atoms with Gasteiger partial charge in [-0.15, -0.1) is 0 Å². The van der Waals surface area contributed by atoms with Gasteiger partial charge >= 0.3 is 0 Å². The topological polar surface area (TPSA) is 30.0 Å². The van der Waals surface area contributed by atoms with Crippen LogP contribution in [0, 0.1) is 0 Å². The second-order valence-corrected chi connectivity index (χ2v) is 3.30. The van der Waals surface area contributed by atoms with Crippen LogP contribution in [0.4, 0.5) is 0 Å². The number of Topliss-reactive ketones (excluding diaryl/α,β-unsaturated/α-hetero) is 1. The summed E-state index contributed by atoms with van der Waals surface area (Å²) >= 11 is 0. The van der Waals surface area contributed by atoms with Crippen molar-refractivity contribution in [3.63, 3.8) is 0 Å². The lowest BCUT2D eigenvalue weighted by Gasteiger charge is -1.98. The molecule has 0 unspecified atom stereocenters. The molecule has 1 heterocycles. The summed E-state index contributed by atoms with van der Waals surface area (Å²) in [7, 11) is 0. The van der Waals surface area contributed by atoms with Crippen molar-refractivity contribution in [3.8, 4) is 0 Å². The van der Waals surface area contributed by atoms with Crippen LogP contribution in [0.2, 0.25) is 0 Å². The number of pyridine rings is 1. The average molecular weight is 161 g/mol. The molecule has 1 fully saturated rings.